The van der Waals surface area contributed by atoms with E-state index in [1.54, 1.807) is 6.92 Å². The predicted octanol–water partition coefficient (Wildman–Crippen LogP) is 25.5. The van der Waals surface area contributed by atoms with E-state index >= 15 is 4.79 Å². The lowest BCUT2D eigenvalue weighted by Gasteiger charge is -2.29. The molecule has 0 saturated heterocycles. The number of rotatable bonds is 14. The average molecular weight is 1540 g/mol. The van der Waals surface area contributed by atoms with Crippen molar-refractivity contribution < 1.29 is 4.79 Å². The number of fused-ring (bicyclic) bond motifs is 3. The van der Waals surface area contributed by atoms with Gasteiger partial charge in [0.25, 0.3) is 0 Å². The summed E-state index contributed by atoms with van der Waals surface area (Å²) < 4.78 is 0. The second-order valence-corrected chi connectivity index (χ2v) is 37.5. The molecule has 0 radical (unpaired) electrons. The minimum absolute atomic E-state index is 0.0957. The number of aryl methyl sites for hydroxylation is 2. The van der Waals surface area contributed by atoms with Gasteiger partial charge < -0.3 is 0 Å². The molecule has 4 heterocycles. The molecule has 1 amide bonds. The van der Waals surface area contributed by atoms with Gasteiger partial charge in [-0.3, -0.25) is 14.7 Å². The molecular formula is C107H97N8OP. The van der Waals surface area contributed by atoms with Crippen LogP contribution in [0.1, 0.15) is 152 Å². The highest BCUT2D eigenvalue weighted by Gasteiger charge is 2.44. The summed E-state index contributed by atoms with van der Waals surface area (Å²) in [5.41, 5.74) is 26.2. The largest absolute Gasteiger partial charge is 0.285 e. The Hall–Kier alpha value is -12.6. The van der Waals surface area contributed by atoms with Crippen molar-refractivity contribution in [3.05, 3.63) is 354 Å². The maximum atomic E-state index is 15.8. The smallest absolute Gasteiger partial charge is 0.225 e. The fourth-order valence-electron chi connectivity index (χ4n) is 16.3. The van der Waals surface area contributed by atoms with Gasteiger partial charge in [0.15, 0.2) is 5.84 Å². The number of aromatic nitrogens is 6. The third-order valence-electron chi connectivity index (χ3n) is 23.0. The Kier molecular flexibility index (Phi) is 20.1. The van der Waals surface area contributed by atoms with Gasteiger partial charge in [-0.25, -0.2) is 29.9 Å². The molecule has 3 aromatic heterocycles. The van der Waals surface area contributed by atoms with E-state index in [-0.39, 0.29) is 27.6 Å². The molecular weight excluding hydrogens is 1440 g/mol. The highest BCUT2D eigenvalue weighted by atomic mass is 31.1. The van der Waals surface area contributed by atoms with Crippen LogP contribution in [0.3, 0.4) is 0 Å². The van der Waals surface area contributed by atoms with E-state index in [0.717, 1.165) is 105 Å². The molecule has 0 unspecified atom stereocenters. The molecule has 0 fully saturated rings. The first-order valence-corrected chi connectivity index (χ1v) is 42.1. The monoisotopic (exact) mass is 1540 g/mol. The maximum Gasteiger partial charge on any atom is 0.225 e. The molecule has 0 saturated carbocycles. The van der Waals surface area contributed by atoms with Crippen molar-refractivity contribution in [2.24, 2.45) is 4.99 Å². The molecule has 0 N–H and O–H groups in total. The van der Waals surface area contributed by atoms with Crippen molar-refractivity contribution in [3.63, 3.8) is 0 Å². The molecule has 1 aliphatic rings. The number of aliphatic imine (C=N–C) groups is 1. The molecule has 16 aromatic rings. The summed E-state index contributed by atoms with van der Waals surface area (Å²) in [4.78, 5) is 61.8. The van der Waals surface area contributed by atoms with Crippen LogP contribution in [0.15, 0.2) is 308 Å². The predicted molar refractivity (Wildman–Crippen MR) is 490 cm³/mol. The highest BCUT2D eigenvalue weighted by Crippen LogP contribution is 2.50. The summed E-state index contributed by atoms with van der Waals surface area (Å²) in [7, 11) is -1.64. The Balaban J connectivity index is 1.11. The molecule has 0 spiro atoms. The van der Waals surface area contributed by atoms with Crippen molar-refractivity contribution >= 4 is 68.8 Å². The number of carbonyl (C=O) groups excluding carboxylic acids is 1. The molecule has 1 aliphatic heterocycles. The van der Waals surface area contributed by atoms with Crippen LogP contribution in [0.25, 0.3) is 123 Å². The number of amidine groups is 1. The number of amides is 1. The quantitative estimate of drug-likeness (QED) is 0.0997. The van der Waals surface area contributed by atoms with Crippen LogP contribution in [0.2, 0.25) is 0 Å². The van der Waals surface area contributed by atoms with Gasteiger partial charge >= 0.3 is 0 Å². The third kappa shape index (κ3) is 15.0. The Labute approximate surface area is 689 Å². The molecule has 13 aromatic carbocycles. The van der Waals surface area contributed by atoms with Gasteiger partial charge in [0.2, 0.25) is 5.91 Å². The minimum atomic E-state index is -1.64. The van der Waals surface area contributed by atoms with Crippen LogP contribution < -0.4 is 16.0 Å². The van der Waals surface area contributed by atoms with Crippen LogP contribution in [0, 0.1) is 13.8 Å². The Morgan fingerprint density at radius 2 is 0.547 bits per heavy atom. The molecule has 117 heavy (non-hydrogen) atoms. The van der Waals surface area contributed by atoms with E-state index in [1.807, 2.05) is 41.3 Å². The molecule has 17 rings (SSSR count). The van der Waals surface area contributed by atoms with Crippen LogP contribution >= 0.6 is 7.92 Å². The van der Waals surface area contributed by atoms with Crippen molar-refractivity contribution in [1.29, 1.82) is 0 Å². The van der Waals surface area contributed by atoms with Gasteiger partial charge in [0.1, 0.15) is 39.9 Å². The average Bonchev–Trinajstić information content (AvgIpc) is 1.68. The summed E-state index contributed by atoms with van der Waals surface area (Å²) in [6, 6.07) is 107. The molecule has 576 valence electrons. The first kappa shape index (κ1) is 77.0. The Morgan fingerprint density at radius 1 is 0.291 bits per heavy atom. The zero-order chi connectivity index (χ0) is 81.4. The number of hydrogen-bond donors (Lipinski definition) is 0. The van der Waals surface area contributed by atoms with Crippen LogP contribution in [-0.2, 0) is 26.5 Å². The second-order valence-electron chi connectivity index (χ2n) is 35.4. The summed E-state index contributed by atoms with van der Waals surface area (Å²) in [6.07, 6.45) is 0. The fraction of sp³-hybridized carbons (Fsp3) is 0.196. The molecule has 0 aliphatic carbocycles. The standard InChI is InChI=1S/C107H97N8OP/c1-66-36-40-69(41-37-66)83-60-61-84(70-42-38-67(2)39-43-70)93-92(83)109-97(99(111-93)102-113-89(75-28-20-16-21-29-75)101(115(102)68(3)116)76-30-22-17-23-31-76)96-98(110-91-86(72-46-54-78(55-47-72)105(7,8)9)63-62-85(90(91)108-96)71-44-52-77(53-45-71)104(4,5)6)100-103(117(81-32-24-18-25-33-81)82-34-26-19-27-35-82)114-95-88(74-50-58-80(59-51-74)107(13,14)15)65-64-87(94(95)112-100)73-48-56-79(57-49-73)106(10,11)12/h16-65,89,101H,1-15H3/t89-,101-/m0/s1. The van der Waals surface area contributed by atoms with E-state index in [0.29, 0.717) is 67.3 Å². The van der Waals surface area contributed by atoms with E-state index in [4.69, 9.17) is 34.9 Å². The summed E-state index contributed by atoms with van der Waals surface area (Å²) >= 11 is 0. The first-order valence-electron chi connectivity index (χ1n) is 40.7. The zero-order valence-corrected chi connectivity index (χ0v) is 70.3. The number of nitrogens with zero attached hydrogens (tertiary/aromatic N) is 8. The van der Waals surface area contributed by atoms with E-state index in [1.165, 1.54) is 22.3 Å². The van der Waals surface area contributed by atoms with Crippen molar-refractivity contribution in [2.45, 2.75) is 138 Å². The molecule has 2 atom stereocenters. The van der Waals surface area contributed by atoms with Crippen LogP contribution in [-0.4, -0.2) is 46.5 Å². The van der Waals surface area contributed by atoms with Crippen molar-refractivity contribution in [3.8, 4) is 89.5 Å². The summed E-state index contributed by atoms with van der Waals surface area (Å²) in [5.74, 6) is 0.118. The van der Waals surface area contributed by atoms with Gasteiger partial charge in [-0.2, -0.15) is 0 Å². The number of benzene rings is 13. The van der Waals surface area contributed by atoms with E-state index in [2.05, 4.69) is 364 Å². The third-order valence-corrected chi connectivity index (χ3v) is 25.4. The zero-order valence-electron chi connectivity index (χ0n) is 69.5. The van der Waals surface area contributed by atoms with Crippen molar-refractivity contribution in [1.82, 2.24) is 34.8 Å². The Bertz CT molecular complexity index is 6420. The van der Waals surface area contributed by atoms with Crippen molar-refractivity contribution in [2.75, 3.05) is 0 Å². The summed E-state index contributed by atoms with van der Waals surface area (Å²) in [5, 5.41) is 2.12. The second kappa shape index (κ2) is 30.6. The molecule has 10 heteroatoms. The van der Waals surface area contributed by atoms with Gasteiger partial charge in [-0.05, 0) is 113 Å². The topological polar surface area (TPSA) is 110 Å². The van der Waals surface area contributed by atoms with Gasteiger partial charge in [0, 0.05) is 48.2 Å². The van der Waals surface area contributed by atoms with E-state index in [9.17, 15) is 0 Å². The lowest BCUT2D eigenvalue weighted by atomic mass is 9.85. The Morgan fingerprint density at radius 3 is 0.855 bits per heavy atom. The van der Waals surface area contributed by atoms with Gasteiger partial charge in [-0.15, -0.1) is 0 Å². The van der Waals surface area contributed by atoms with Gasteiger partial charge in [-0.1, -0.05) is 398 Å². The summed E-state index contributed by atoms with van der Waals surface area (Å²) in [6.45, 7) is 32.9. The lowest BCUT2D eigenvalue weighted by Crippen LogP contribution is -2.37. The highest BCUT2D eigenvalue weighted by molar-refractivity contribution is 7.79. The van der Waals surface area contributed by atoms with Crippen LogP contribution in [0.5, 0.6) is 0 Å². The lowest BCUT2D eigenvalue weighted by molar-refractivity contribution is -0.126. The van der Waals surface area contributed by atoms with Crippen LogP contribution in [0.4, 0.5) is 0 Å². The fourth-order valence-corrected chi connectivity index (χ4v) is 18.6. The SMILES string of the molecule is CC(=O)N1C(c2nc3c(-c4ccc(C)cc4)ccc(-c4ccc(C)cc4)c3nc2-c2nc3c(-c4ccc(C(C)(C)C)cc4)ccc(-c4ccc(C(C)(C)C)cc4)c3nc2-c2nc3c(-c4ccc(C(C)(C)C)cc4)ccc(-c4ccc(C(C)(C)C)cc4)c3nc2P(c2ccccc2)c2ccccc2)=N[C@@H](c2ccccc2)[C@@H]1c1ccccc1. The maximum absolute atomic E-state index is 15.8. The first-order chi connectivity index (χ1) is 56.2. The van der Waals surface area contributed by atoms with Gasteiger partial charge in [0.05, 0.1) is 39.1 Å². The molecule has 9 nitrogen and oxygen atoms in total. The minimum Gasteiger partial charge on any atom is -0.285 e. The van der Waals surface area contributed by atoms with E-state index < -0.39 is 20.0 Å². The number of carbonyl (C=O) groups is 1. The molecule has 0 bridgehead atoms. The normalized spacial score (nSPS) is 14.1. The number of hydrogen-bond acceptors (Lipinski definition) is 8.